The smallest absolute Gasteiger partial charge is 0.132 e. The van der Waals surface area contributed by atoms with Gasteiger partial charge in [0.05, 0.1) is 0 Å². The highest BCUT2D eigenvalue weighted by Crippen LogP contribution is 2.17. The van der Waals surface area contributed by atoms with Crippen molar-refractivity contribution in [3.8, 4) is 0 Å². The molecule has 0 aliphatic carbocycles. The zero-order valence-corrected chi connectivity index (χ0v) is 5.89. The number of rotatable bonds is 0. The zero-order chi connectivity index (χ0) is 6.97. The number of hydrogen-bond acceptors (Lipinski definition) is 3. The Kier molecular flexibility index (Phi) is 1.09. The molecule has 1 aromatic rings. The minimum Gasteiger partial charge on any atom is -0.369 e. The Labute approximate surface area is 59.5 Å². The fourth-order valence-corrected chi connectivity index (χ4v) is 1.15. The molecule has 0 fully saturated rings. The number of aromatic nitrogens is 2. The van der Waals surface area contributed by atoms with Gasteiger partial charge in [-0.3, -0.25) is 0 Å². The minimum atomic E-state index is 0.841. The van der Waals surface area contributed by atoms with Crippen LogP contribution in [0, 0.1) is 6.92 Å². The first kappa shape index (κ1) is 5.65. The lowest BCUT2D eigenvalue weighted by atomic mass is 10.3. The molecule has 1 N–H and O–H groups in total. The SMILES string of the molecule is Cc1ncc2c(n1)NCC2. The van der Waals surface area contributed by atoms with E-state index in [2.05, 4.69) is 15.3 Å². The van der Waals surface area contributed by atoms with Gasteiger partial charge in [-0.15, -0.1) is 0 Å². The van der Waals surface area contributed by atoms with Crippen molar-refractivity contribution in [3.63, 3.8) is 0 Å². The van der Waals surface area contributed by atoms with Crippen LogP contribution in [-0.2, 0) is 6.42 Å². The van der Waals surface area contributed by atoms with E-state index in [1.165, 1.54) is 5.56 Å². The summed E-state index contributed by atoms with van der Waals surface area (Å²) in [6.45, 7) is 2.91. The van der Waals surface area contributed by atoms with Gasteiger partial charge in [0.15, 0.2) is 0 Å². The monoisotopic (exact) mass is 135 g/mol. The molecule has 1 aliphatic heterocycles. The fraction of sp³-hybridized carbons (Fsp3) is 0.429. The van der Waals surface area contributed by atoms with Gasteiger partial charge >= 0.3 is 0 Å². The number of fused-ring (bicyclic) bond motifs is 1. The predicted molar refractivity (Wildman–Crippen MR) is 39.0 cm³/mol. The van der Waals surface area contributed by atoms with Gasteiger partial charge in [-0.25, -0.2) is 9.97 Å². The molecule has 0 saturated heterocycles. The van der Waals surface area contributed by atoms with Gasteiger partial charge in [0.1, 0.15) is 11.6 Å². The second kappa shape index (κ2) is 1.94. The Morgan fingerprint density at radius 1 is 1.60 bits per heavy atom. The van der Waals surface area contributed by atoms with Crippen LogP contribution in [0.3, 0.4) is 0 Å². The van der Waals surface area contributed by atoms with Gasteiger partial charge in [-0.05, 0) is 13.3 Å². The molecular weight excluding hydrogens is 126 g/mol. The second-order valence-corrected chi connectivity index (χ2v) is 2.47. The molecule has 0 spiro atoms. The van der Waals surface area contributed by atoms with Crippen LogP contribution in [0.25, 0.3) is 0 Å². The molecule has 10 heavy (non-hydrogen) atoms. The Morgan fingerprint density at radius 2 is 2.50 bits per heavy atom. The Balaban J connectivity index is 2.52. The quantitative estimate of drug-likeness (QED) is 0.570. The van der Waals surface area contributed by atoms with E-state index >= 15 is 0 Å². The van der Waals surface area contributed by atoms with Crippen molar-refractivity contribution >= 4 is 5.82 Å². The van der Waals surface area contributed by atoms with Crippen LogP contribution >= 0.6 is 0 Å². The summed E-state index contributed by atoms with van der Waals surface area (Å²) in [5, 5.41) is 3.19. The van der Waals surface area contributed by atoms with Gasteiger partial charge in [-0.1, -0.05) is 0 Å². The van der Waals surface area contributed by atoms with E-state index in [4.69, 9.17) is 0 Å². The average Bonchev–Trinajstić information content (AvgIpc) is 2.33. The van der Waals surface area contributed by atoms with Crippen molar-refractivity contribution in [1.82, 2.24) is 9.97 Å². The molecule has 0 unspecified atom stereocenters. The number of nitrogens with zero attached hydrogens (tertiary/aromatic N) is 2. The summed E-state index contributed by atoms with van der Waals surface area (Å²) in [7, 11) is 0. The number of hydrogen-bond donors (Lipinski definition) is 1. The molecule has 2 heterocycles. The third-order valence-corrected chi connectivity index (χ3v) is 1.67. The lowest BCUT2D eigenvalue weighted by Gasteiger charge is -1.96. The van der Waals surface area contributed by atoms with Gasteiger partial charge < -0.3 is 5.32 Å². The van der Waals surface area contributed by atoms with Crippen LogP contribution in [0.2, 0.25) is 0 Å². The maximum absolute atomic E-state index is 4.23. The number of anilines is 1. The highest BCUT2D eigenvalue weighted by molar-refractivity contribution is 5.47. The summed E-state index contributed by atoms with van der Waals surface area (Å²) in [4.78, 5) is 8.33. The normalized spacial score (nSPS) is 14.5. The van der Waals surface area contributed by atoms with Crippen molar-refractivity contribution < 1.29 is 0 Å². The summed E-state index contributed by atoms with van der Waals surface area (Å²) < 4.78 is 0. The van der Waals surface area contributed by atoms with Gasteiger partial charge in [0.25, 0.3) is 0 Å². The molecule has 1 aliphatic rings. The highest BCUT2D eigenvalue weighted by atomic mass is 15.0. The van der Waals surface area contributed by atoms with Crippen molar-refractivity contribution in [3.05, 3.63) is 17.6 Å². The first-order chi connectivity index (χ1) is 4.86. The molecule has 1 aromatic heterocycles. The van der Waals surface area contributed by atoms with Gasteiger partial charge in [0.2, 0.25) is 0 Å². The summed E-state index contributed by atoms with van der Waals surface area (Å²) in [5.74, 6) is 1.86. The van der Waals surface area contributed by atoms with Crippen LogP contribution in [-0.4, -0.2) is 16.5 Å². The fourth-order valence-electron chi connectivity index (χ4n) is 1.15. The summed E-state index contributed by atoms with van der Waals surface area (Å²) in [6, 6.07) is 0. The lowest BCUT2D eigenvalue weighted by molar-refractivity contribution is 1.04. The second-order valence-electron chi connectivity index (χ2n) is 2.47. The number of nitrogens with one attached hydrogen (secondary N) is 1. The van der Waals surface area contributed by atoms with Crippen LogP contribution in [0.5, 0.6) is 0 Å². The molecular formula is C7H9N3. The number of aryl methyl sites for hydroxylation is 1. The Hall–Kier alpha value is -1.12. The van der Waals surface area contributed by atoms with Crippen LogP contribution < -0.4 is 5.32 Å². The lowest BCUT2D eigenvalue weighted by Crippen LogP contribution is -1.94. The van der Waals surface area contributed by atoms with Crippen molar-refractivity contribution in [2.45, 2.75) is 13.3 Å². The maximum atomic E-state index is 4.23. The topological polar surface area (TPSA) is 37.8 Å². The molecule has 0 aromatic carbocycles. The highest BCUT2D eigenvalue weighted by Gasteiger charge is 2.10. The molecule has 2 rings (SSSR count). The van der Waals surface area contributed by atoms with E-state index in [0.29, 0.717) is 0 Å². The van der Waals surface area contributed by atoms with Crippen LogP contribution in [0.4, 0.5) is 5.82 Å². The van der Waals surface area contributed by atoms with Gasteiger partial charge in [0, 0.05) is 18.3 Å². The van der Waals surface area contributed by atoms with E-state index in [-0.39, 0.29) is 0 Å². The molecule has 0 saturated carbocycles. The van der Waals surface area contributed by atoms with Crippen molar-refractivity contribution in [1.29, 1.82) is 0 Å². The zero-order valence-electron chi connectivity index (χ0n) is 5.89. The predicted octanol–water partition coefficient (Wildman–Crippen LogP) is 0.753. The van der Waals surface area contributed by atoms with Crippen LogP contribution in [0.15, 0.2) is 6.20 Å². The molecule has 0 bridgehead atoms. The standard InChI is InChI=1S/C7H9N3/c1-5-9-4-6-2-3-8-7(6)10-5/h4H,2-3H2,1H3,(H,8,9,10). The van der Waals surface area contributed by atoms with Gasteiger partial charge in [-0.2, -0.15) is 0 Å². The first-order valence-electron chi connectivity index (χ1n) is 3.42. The van der Waals surface area contributed by atoms with E-state index in [1.54, 1.807) is 0 Å². The van der Waals surface area contributed by atoms with Crippen molar-refractivity contribution in [2.75, 3.05) is 11.9 Å². The molecule has 3 nitrogen and oxygen atoms in total. The van der Waals surface area contributed by atoms with E-state index in [0.717, 1.165) is 24.6 Å². The molecule has 0 atom stereocenters. The molecule has 3 heteroatoms. The minimum absolute atomic E-state index is 0.841. The third kappa shape index (κ3) is 0.744. The Morgan fingerprint density at radius 3 is 3.40 bits per heavy atom. The molecule has 0 amide bonds. The first-order valence-corrected chi connectivity index (χ1v) is 3.42. The summed E-state index contributed by atoms with van der Waals surface area (Å²) >= 11 is 0. The van der Waals surface area contributed by atoms with E-state index < -0.39 is 0 Å². The van der Waals surface area contributed by atoms with Crippen LogP contribution in [0.1, 0.15) is 11.4 Å². The summed E-state index contributed by atoms with van der Waals surface area (Å²) in [5.41, 5.74) is 1.24. The summed E-state index contributed by atoms with van der Waals surface area (Å²) in [6.07, 6.45) is 2.97. The molecule has 52 valence electrons. The third-order valence-electron chi connectivity index (χ3n) is 1.67. The van der Waals surface area contributed by atoms with E-state index in [1.807, 2.05) is 13.1 Å². The van der Waals surface area contributed by atoms with E-state index in [9.17, 15) is 0 Å². The average molecular weight is 135 g/mol. The van der Waals surface area contributed by atoms with Crippen molar-refractivity contribution in [2.24, 2.45) is 0 Å². The maximum Gasteiger partial charge on any atom is 0.132 e. The largest absolute Gasteiger partial charge is 0.369 e. The molecule has 0 radical (unpaired) electrons. The Bertz CT molecular complexity index is 257.